The first-order chi connectivity index (χ1) is 8.31. The number of hydrogen-bond donors (Lipinski definition) is 1. The van der Waals surface area contributed by atoms with Crippen molar-refractivity contribution in [2.45, 2.75) is 38.3 Å². The van der Waals surface area contributed by atoms with E-state index in [9.17, 15) is 4.79 Å². The summed E-state index contributed by atoms with van der Waals surface area (Å²) in [5, 5.41) is 4.83. The number of amides is 1. The minimum absolute atomic E-state index is 0.178. The highest BCUT2D eigenvalue weighted by atomic mass is 32.1. The van der Waals surface area contributed by atoms with Crippen molar-refractivity contribution in [2.75, 3.05) is 0 Å². The Morgan fingerprint density at radius 2 is 2.41 bits per heavy atom. The van der Waals surface area contributed by atoms with Crippen LogP contribution in [0.2, 0.25) is 0 Å². The van der Waals surface area contributed by atoms with Gasteiger partial charge in [0.1, 0.15) is 6.10 Å². The van der Waals surface area contributed by atoms with Gasteiger partial charge in [0.2, 0.25) is 0 Å². The van der Waals surface area contributed by atoms with Gasteiger partial charge >= 0.3 is 6.09 Å². The molecule has 1 heterocycles. The number of carbonyl (C=O) groups excluding carboxylic acids is 1. The molecule has 2 bridgehead atoms. The van der Waals surface area contributed by atoms with E-state index in [1.807, 2.05) is 17.5 Å². The number of nitrogens with one attached hydrogen (secondary N) is 1. The first-order valence-corrected chi connectivity index (χ1v) is 7.16. The smallest absolute Gasteiger partial charge is 0.407 e. The Hall–Kier alpha value is -1.03. The second-order valence-corrected chi connectivity index (χ2v) is 6.08. The molecule has 0 spiro atoms. The molecule has 17 heavy (non-hydrogen) atoms. The van der Waals surface area contributed by atoms with Crippen LogP contribution in [0.1, 0.15) is 30.6 Å². The summed E-state index contributed by atoms with van der Waals surface area (Å²) in [5.74, 6) is 1.45. The van der Waals surface area contributed by atoms with Crippen molar-refractivity contribution in [3.8, 4) is 0 Å². The summed E-state index contributed by atoms with van der Waals surface area (Å²) in [6.07, 6.45) is 4.85. The van der Waals surface area contributed by atoms with Gasteiger partial charge in [-0.15, -0.1) is 11.3 Å². The summed E-state index contributed by atoms with van der Waals surface area (Å²) >= 11 is 1.65. The number of alkyl carbamates (subject to hydrolysis) is 1. The molecule has 3 rings (SSSR count). The van der Waals surface area contributed by atoms with E-state index in [1.54, 1.807) is 11.3 Å². The average molecular weight is 251 g/mol. The van der Waals surface area contributed by atoms with Crippen LogP contribution >= 0.6 is 11.3 Å². The average Bonchev–Trinajstić information content (AvgIpc) is 3.03. The largest absolute Gasteiger partial charge is 0.446 e. The summed E-state index contributed by atoms with van der Waals surface area (Å²) in [4.78, 5) is 12.8. The number of ether oxygens (including phenoxy) is 1. The van der Waals surface area contributed by atoms with Gasteiger partial charge in [0.25, 0.3) is 0 Å². The minimum Gasteiger partial charge on any atom is -0.446 e. The quantitative estimate of drug-likeness (QED) is 0.896. The van der Waals surface area contributed by atoms with E-state index in [-0.39, 0.29) is 12.2 Å². The second-order valence-electron chi connectivity index (χ2n) is 5.05. The molecule has 2 fully saturated rings. The summed E-state index contributed by atoms with van der Waals surface area (Å²) in [5.41, 5.74) is 0. The predicted molar refractivity (Wildman–Crippen MR) is 66.9 cm³/mol. The van der Waals surface area contributed by atoms with Crippen molar-refractivity contribution in [3.05, 3.63) is 22.4 Å². The molecule has 0 saturated heterocycles. The van der Waals surface area contributed by atoms with Gasteiger partial charge in [-0.05, 0) is 49.0 Å². The Labute approximate surface area is 105 Å². The standard InChI is InChI=1S/C13H17NO2S/c15-13(14-8-11-2-1-5-17-11)16-12-7-9-3-4-10(12)6-9/h1-2,5,9-10,12H,3-4,6-8H2,(H,14,15)/t9-,10+,12+/m1/s1. The van der Waals surface area contributed by atoms with Crippen LogP contribution in [0, 0.1) is 11.8 Å². The fourth-order valence-electron chi connectivity index (χ4n) is 3.08. The third-order valence-corrected chi connectivity index (χ3v) is 4.80. The van der Waals surface area contributed by atoms with E-state index >= 15 is 0 Å². The van der Waals surface area contributed by atoms with Crippen LogP contribution in [0.4, 0.5) is 4.79 Å². The molecule has 0 unspecified atom stereocenters. The van der Waals surface area contributed by atoms with Crippen LogP contribution in [0.3, 0.4) is 0 Å². The van der Waals surface area contributed by atoms with Crippen molar-refractivity contribution in [1.29, 1.82) is 0 Å². The maximum atomic E-state index is 11.6. The van der Waals surface area contributed by atoms with E-state index < -0.39 is 0 Å². The Morgan fingerprint density at radius 3 is 3.06 bits per heavy atom. The lowest BCUT2D eigenvalue weighted by molar-refractivity contribution is 0.0647. The SMILES string of the molecule is O=C(NCc1cccs1)O[C@H]1C[C@@H]2CC[C@H]1C2. The third kappa shape index (κ3) is 2.46. The molecule has 92 valence electrons. The Morgan fingerprint density at radius 1 is 1.47 bits per heavy atom. The monoisotopic (exact) mass is 251 g/mol. The number of carbonyl (C=O) groups is 1. The zero-order chi connectivity index (χ0) is 11.7. The maximum Gasteiger partial charge on any atom is 0.407 e. The lowest BCUT2D eigenvalue weighted by Crippen LogP contribution is -2.31. The summed E-state index contributed by atoms with van der Waals surface area (Å²) in [6, 6.07) is 4.01. The van der Waals surface area contributed by atoms with Crippen LogP contribution in [0.15, 0.2) is 17.5 Å². The lowest BCUT2D eigenvalue weighted by atomic mass is 9.98. The molecule has 0 aromatic carbocycles. The molecule has 1 N–H and O–H groups in total. The highest BCUT2D eigenvalue weighted by molar-refractivity contribution is 7.09. The zero-order valence-electron chi connectivity index (χ0n) is 9.72. The first-order valence-electron chi connectivity index (χ1n) is 6.28. The van der Waals surface area contributed by atoms with Crippen LogP contribution in [0.5, 0.6) is 0 Å². The van der Waals surface area contributed by atoms with Crippen molar-refractivity contribution < 1.29 is 9.53 Å². The molecule has 4 heteroatoms. The number of thiophene rings is 1. The van der Waals surface area contributed by atoms with Crippen molar-refractivity contribution in [2.24, 2.45) is 11.8 Å². The Kier molecular flexibility index (Phi) is 3.05. The lowest BCUT2D eigenvalue weighted by Gasteiger charge is -2.21. The van der Waals surface area contributed by atoms with Gasteiger partial charge in [-0.3, -0.25) is 0 Å². The topological polar surface area (TPSA) is 38.3 Å². The predicted octanol–water partition coefficient (Wildman–Crippen LogP) is 3.16. The van der Waals surface area contributed by atoms with Crippen molar-refractivity contribution >= 4 is 17.4 Å². The second kappa shape index (κ2) is 4.69. The van der Waals surface area contributed by atoms with Crippen molar-refractivity contribution in [3.63, 3.8) is 0 Å². The fourth-order valence-corrected chi connectivity index (χ4v) is 3.73. The molecule has 1 aromatic heterocycles. The van der Waals surface area contributed by atoms with Gasteiger partial charge in [0.15, 0.2) is 0 Å². The zero-order valence-corrected chi connectivity index (χ0v) is 10.5. The summed E-state index contributed by atoms with van der Waals surface area (Å²) in [7, 11) is 0. The molecular weight excluding hydrogens is 234 g/mol. The summed E-state index contributed by atoms with van der Waals surface area (Å²) < 4.78 is 5.50. The molecule has 2 aliphatic rings. The van der Waals surface area contributed by atoms with E-state index in [4.69, 9.17) is 4.74 Å². The van der Waals surface area contributed by atoms with Crippen molar-refractivity contribution in [1.82, 2.24) is 5.32 Å². The van der Waals surface area contributed by atoms with E-state index in [0.29, 0.717) is 12.5 Å². The fraction of sp³-hybridized carbons (Fsp3) is 0.615. The molecule has 1 amide bonds. The molecule has 0 radical (unpaired) electrons. The molecule has 2 aliphatic carbocycles. The molecule has 3 nitrogen and oxygen atoms in total. The van der Waals surface area contributed by atoms with Crippen LogP contribution in [-0.2, 0) is 11.3 Å². The first kappa shape index (κ1) is 11.1. The molecule has 2 saturated carbocycles. The van der Waals surface area contributed by atoms with Gasteiger partial charge < -0.3 is 10.1 Å². The van der Waals surface area contributed by atoms with E-state index in [2.05, 4.69) is 5.32 Å². The molecular formula is C13H17NO2S. The minimum atomic E-state index is -0.254. The Bertz CT molecular complexity index is 390. The van der Waals surface area contributed by atoms with Gasteiger partial charge in [0.05, 0.1) is 6.54 Å². The summed E-state index contributed by atoms with van der Waals surface area (Å²) in [6.45, 7) is 0.581. The third-order valence-electron chi connectivity index (χ3n) is 3.92. The highest BCUT2D eigenvalue weighted by Gasteiger charge is 2.41. The molecule has 0 aliphatic heterocycles. The van der Waals surface area contributed by atoms with Gasteiger partial charge in [-0.1, -0.05) is 6.07 Å². The maximum absolute atomic E-state index is 11.6. The van der Waals surface area contributed by atoms with Crippen LogP contribution in [-0.4, -0.2) is 12.2 Å². The van der Waals surface area contributed by atoms with Gasteiger partial charge in [-0.2, -0.15) is 0 Å². The van der Waals surface area contributed by atoms with E-state index in [1.165, 1.54) is 19.3 Å². The van der Waals surface area contributed by atoms with E-state index in [0.717, 1.165) is 17.2 Å². The normalized spacial score (nSPS) is 30.5. The van der Waals surface area contributed by atoms with Crippen LogP contribution in [0.25, 0.3) is 0 Å². The van der Waals surface area contributed by atoms with Crippen LogP contribution < -0.4 is 5.32 Å². The molecule has 3 atom stereocenters. The number of hydrogen-bond acceptors (Lipinski definition) is 3. The van der Waals surface area contributed by atoms with Gasteiger partial charge in [-0.25, -0.2) is 4.79 Å². The molecule has 1 aromatic rings. The number of fused-ring (bicyclic) bond motifs is 2. The highest BCUT2D eigenvalue weighted by Crippen LogP contribution is 2.45. The Balaban J connectivity index is 1.44. The van der Waals surface area contributed by atoms with Gasteiger partial charge in [0, 0.05) is 4.88 Å². The number of rotatable bonds is 3.